The molecule has 0 aliphatic carbocycles. The van der Waals surface area contributed by atoms with Crippen LogP contribution in [-0.4, -0.2) is 62.9 Å². The molecule has 0 rings (SSSR count). The van der Waals surface area contributed by atoms with Gasteiger partial charge in [-0.25, -0.2) is 0 Å². The van der Waals surface area contributed by atoms with E-state index < -0.39 is 0 Å². The summed E-state index contributed by atoms with van der Waals surface area (Å²) in [7, 11) is 0. The van der Waals surface area contributed by atoms with Crippen molar-refractivity contribution in [2.75, 3.05) is 46.2 Å². The topological polar surface area (TPSA) is 85.2 Å². The van der Waals surface area contributed by atoms with E-state index in [1.165, 1.54) is 0 Å². The molecule has 0 saturated carbocycles. The number of aliphatic hydroxyl groups excluding tert-OH is 2. The van der Waals surface area contributed by atoms with Crippen LogP contribution in [0.1, 0.15) is 27.2 Å². The standard InChI is InChI=1S/C4H10O3.C4H8O2.C4H10O/c5-1-3-7-4-2-6;1-2-3-6-4-5;1-3-5-4-2/h5-6H,1-4H2;4H,2-3H2,1H3;3-4H2,1-2H3. The molecule has 0 radical (unpaired) electrons. The Hall–Kier alpha value is -0.690. The SMILES string of the molecule is CCCOC=O.CCOCC.OCCOCCO. The zero-order valence-electron chi connectivity index (χ0n) is 11.8. The Bertz CT molecular complexity index is 115. The van der Waals surface area contributed by atoms with E-state index in [9.17, 15) is 4.79 Å². The number of ether oxygens (including phenoxy) is 3. The summed E-state index contributed by atoms with van der Waals surface area (Å²) in [6.45, 7) is 9.32. The van der Waals surface area contributed by atoms with Crippen molar-refractivity contribution in [3.8, 4) is 0 Å². The molecule has 0 atom stereocenters. The van der Waals surface area contributed by atoms with E-state index in [2.05, 4.69) is 9.47 Å². The average Bonchev–Trinajstić information content (AvgIpc) is 2.39. The Morgan fingerprint density at radius 1 is 0.889 bits per heavy atom. The summed E-state index contributed by atoms with van der Waals surface area (Å²) in [5, 5.41) is 16.2. The van der Waals surface area contributed by atoms with Crippen molar-refractivity contribution >= 4 is 6.47 Å². The van der Waals surface area contributed by atoms with Crippen LogP contribution in [0, 0.1) is 0 Å². The molecular weight excluding hydrogens is 240 g/mol. The van der Waals surface area contributed by atoms with Crippen molar-refractivity contribution in [1.82, 2.24) is 0 Å². The van der Waals surface area contributed by atoms with E-state index in [1.807, 2.05) is 20.8 Å². The van der Waals surface area contributed by atoms with Crippen LogP contribution in [0.15, 0.2) is 0 Å². The first-order valence-electron chi connectivity index (χ1n) is 6.17. The summed E-state index contributed by atoms with van der Waals surface area (Å²) in [5.74, 6) is 0. The highest BCUT2D eigenvalue weighted by Gasteiger charge is 1.79. The van der Waals surface area contributed by atoms with Crippen LogP contribution in [-0.2, 0) is 19.0 Å². The molecule has 0 bridgehead atoms. The molecule has 0 aliphatic heterocycles. The Kier molecular flexibility index (Phi) is 37.3. The monoisotopic (exact) mass is 268 g/mol. The second kappa shape index (κ2) is 29.9. The second-order valence-electron chi connectivity index (χ2n) is 2.81. The summed E-state index contributed by atoms with van der Waals surface area (Å²) >= 11 is 0. The van der Waals surface area contributed by atoms with Crippen LogP contribution < -0.4 is 0 Å². The van der Waals surface area contributed by atoms with E-state index in [0.29, 0.717) is 26.3 Å². The smallest absolute Gasteiger partial charge is 0.293 e. The summed E-state index contributed by atoms with van der Waals surface area (Å²) in [6.07, 6.45) is 0.902. The molecule has 6 nitrogen and oxygen atoms in total. The maximum Gasteiger partial charge on any atom is 0.293 e. The lowest BCUT2D eigenvalue weighted by Crippen LogP contribution is -2.03. The van der Waals surface area contributed by atoms with E-state index >= 15 is 0 Å². The number of rotatable bonds is 9. The number of carbonyl (C=O) groups is 1. The minimum absolute atomic E-state index is 0.0278. The molecule has 0 aliphatic rings. The van der Waals surface area contributed by atoms with Gasteiger partial charge >= 0.3 is 0 Å². The fraction of sp³-hybridized carbons (Fsp3) is 0.917. The maximum atomic E-state index is 9.34. The summed E-state index contributed by atoms with van der Waals surface area (Å²) in [4.78, 5) is 9.34. The third-order valence-electron chi connectivity index (χ3n) is 1.27. The largest absolute Gasteiger partial charge is 0.468 e. The van der Waals surface area contributed by atoms with Crippen molar-refractivity contribution < 1.29 is 29.2 Å². The number of aliphatic hydroxyl groups is 2. The van der Waals surface area contributed by atoms with E-state index in [-0.39, 0.29) is 13.2 Å². The minimum atomic E-state index is 0.0278. The minimum Gasteiger partial charge on any atom is -0.468 e. The highest BCUT2D eigenvalue weighted by Crippen LogP contribution is 1.71. The number of hydrogen-bond donors (Lipinski definition) is 2. The van der Waals surface area contributed by atoms with Gasteiger partial charge in [0.15, 0.2) is 0 Å². The highest BCUT2D eigenvalue weighted by atomic mass is 16.5. The van der Waals surface area contributed by atoms with Gasteiger partial charge in [-0.05, 0) is 20.3 Å². The first-order chi connectivity index (χ1) is 8.74. The van der Waals surface area contributed by atoms with Crippen LogP contribution in [0.4, 0.5) is 0 Å². The van der Waals surface area contributed by atoms with Gasteiger partial charge in [0.2, 0.25) is 0 Å². The van der Waals surface area contributed by atoms with E-state index in [1.54, 1.807) is 0 Å². The maximum absolute atomic E-state index is 9.34. The molecule has 18 heavy (non-hydrogen) atoms. The molecule has 0 saturated heterocycles. The van der Waals surface area contributed by atoms with Gasteiger partial charge in [0, 0.05) is 13.2 Å². The van der Waals surface area contributed by atoms with E-state index in [4.69, 9.17) is 14.9 Å². The molecule has 0 heterocycles. The lowest BCUT2D eigenvalue weighted by atomic mass is 10.5. The van der Waals surface area contributed by atoms with Crippen LogP contribution >= 0.6 is 0 Å². The molecule has 0 fully saturated rings. The molecular formula is C12H28O6. The predicted molar refractivity (Wildman–Crippen MR) is 69.5 cm³/mol. The summed E-state index contributed by atoms with van der Waals surface area (Å²) in [6, 6.07) is 0. The molecule has 2 N–H and O–H groups in total. The lowest BCUT2D eigenvalue weighted by molar-refractivity contribution is -0.128. The van der Waals surface area contributed by atoms with Gasteiger partial charge in [0.25, 0.3) is 6.47 Å². The molecule has 0 unspecified atom stereocenters. The molecule has 6 heteroatoms. The third-order valence-corrected chi connectivity index (χ3v) is 1.27. The number of carbonyl (C=O) groups excluding carboxylic acids is 1. The Morgan fingerprint density at radius 3 is 1.56 bits per heavy atom. The van der Waals surface area contributed by atoms with Gasteiger partial charge in [-0.15, -0.1) is 0 Å². The highest BCUT2D eigenvalue weighted by molar-refractivity contribution is 5.36. The van der Waals surface area contributed by atoms with Gasteiger partial charge in [-0.2, -0.15) is 0 Å². The van der Waals surface area contributed by atoms with Crippen molar-refractivity contribution in [1.29, 1.82) is 0 Å². The van der Waals surface area contributed by atoms with Gasteiger partial charge in [0.1, 0.15) is 0 Å². The van der Waals surface area contributed by atoms with Gasteiger partial charge in [0.05, 0.1) is 33.0 Å². The van der Waals surface area contributed by atoms with Crippen LogP contribution in [0.5, 0.6) is 0 Å². The fourth-order valence-corrected chi connectivity index (χ4v) is 0.601. The van der Waals surface area contributed by atoms with Crippen molar-refractivity contribution in [3.05, 3.63) is 0 Å². The van der Waals surface area contributed by atoms with Crippen molar-refractivity contribution in [2.24, 2.45) is 0 Å². The lowest BCUT2D eigenvalue weighted by Gasteiger charge is -1.94. The molecule has 0 aromatic rings. The molecule has 0 aromatic carbocycles. The normalized spacial score (nSPS) is 8.50. The summed E-state index contributed by atoms with van der Waals surface area (Å²) in [5.41, 5.74) is 0. The first-order valence-corrected chi connectivity index (χ1v) is 6.17. The Balaban J connectivity index is -0.000000190. The quantitative estimate of drug-likeness (QED) is 0.470. The second-order valence-corrected chi connectivity index (χ2v) is 2.81. The third kappa shape index (κ3) is 45.4. The fourth-order valence-electron chi connectivity index (χ4n) is 0.601. The van der Waals surface area contributed by atoms with Crippen LogP contribution in [0.2, 0.25) is 0 Å². The zero-order valence-corrected chi connectivity index (χ0v) is 11.8. The molecule has 0 amide bonds. The zero-order chi connectivity index (χ0) is 14.5. The Labute approximate surface area is 110 Å². The van der Waals surface area contributed by atoms with Gasteiger partial charge in [-0.3, -0.25) is 4.79 Å². The van der Waals surface area contributed by atoms with Crippen LogP contribution in [0.25, 0.3) is 0 Å². The van der Waals surface area contributed by atoms with Gasteiger partial charge < -0.3 is 24.4 Å². The van der Waals surface area contributed by atoms with Gasteiger partial charge in [-0.1, -0.05) is 6.92 Å². The molecule has 112 valence electrons. The van der Waals surface area contributed by atoms with E-state index in [0.717, 1.165) is 19.6 Å². The first kappa shape index (κ1) is 22.5. The van der Waals surface area contributed by atoms with Crippen molar-refractivity contribution in [2.45, 2.75) is 27.2 Å². The average molecular weight is 268 g/mol. The van der Waals surface area contributed by atoms with Crippen LogP contribution in [0.3, 0.4) is 0 Å². The predicted octanol–water partition coefficient (Wildman–Crippen LogP) is 0.600. The number of hydrogen-bond acceptors (Lipinski definition) is 6. The molecule has 0 aromatic heterocycles. The molecule has 0 spiro atoms. The van der Waals surface area contributed by atoms with Crippen molar-refractivity contribution in [3.63, 3.8) is 0 Å². The summed E-state index contributed by atoms with van der Waals surface area (Å²) < 4.78 is 13.8. The Morgan fingerprint density at radius 2 is 1.39 bits per heavy atom.